The van der Waals surface area contributed by atoms with E-state index in [1.54, 1.807) is 5.56 Å². The number of nitrogens with zero attached hydrogens (tertiary/aromatic N) is 1. The number of nitrogens with two attached hydrogens (primary N) is 1. The molecule has 2 aromatic rings. The second kappa shape index (κ2) is 3.88. The Balaban J connectivity index is 2.33. The summed E-state index contributed by atoms with van der Waals surface area (Å²) in [4.78, 5) is 0. The minimum absolute atomic E-state index is 0.739. The Kier molecular flexibility index (Phi) is 2.48. The molecule has 0 aliphatic heterocycles. The average molecular weight is 228 g/mol. The maximum Gasteiger partial charge on any atom is 0.0512 e. The molecule has 0 spiro atoms. The summed E-state index contributed by atoms with van der Waals surface area (Å²) in [7, 11) is 2.19. The minimum atomic E-state index is 0.739. The number of rotatable bonds is 3. The quantitative estimate of drug-likeness (QED) is 0.860. The van der Waals surface area contributed by atoms with Crippen molar-refractivity contribution in [3.8, 4) is 0 Å². The van der Waals surface area contributed by atoms with Crippen LogP contribution >= 0.6 is 0 Å². The van der Waals surface area contributed by atoms with E-state index in [-0.39, 0.29) is 0 Å². The fraction of sp³-hybridized carbons (Fsp3) is 0.467. The van der Waals surface area contributed by atoms with E-state index in [9.17, 15) is 0 Å². The largest absolute Gasteiger partial charge is 0.347 e. The zero-order chi connectivity index (χ0) is 12.0. The van der Waals surface area contributed by atoms with Gasteiger partial charge in [0.1, 0.15) is 0 Å². The summed E-state index contributed by atoms with van der Waals surface area (Å²) in [6, 6.07) is 6.65. The van der Waals surface area contributed by atoms with E-state index < -0.39 is 0 Å². The monoisotopic (exact) mass is 228 g/mol. The number of aromatic nitrogens is 1. The Hall–Kier alpha value is -1.28. The van der Waals surface area contributed by atoms with Crippen molar-refractivity contribution in [1.82, 2.24) is 4.57 Å². The Labute approximate surface area is 102 Å². The molecule has 0 radical (unpaired) electrons. The Morgan fingerprint density at radius 1 is 1.35 bits per heavy atom. The highest BCUT2D eigenvalue weighted by molar-refractivity contribution is 5.89. The highest BCUT2D eigenvalue weighted by Crippen LogP contribution is 2.46. The van der Waals surface area contributed by atoms with Crippen LogP contribution in [0.15, 0.2) is 18.2 Å². The molecule has 2 heteroatoms. The SMILES string of the molecule is Cc1cccc2c(C3CC3)c(CCN)n(C)c12. The summed E-state index contributed by atoms with van der Waals surface area (Å²) in [6.07, 6.45) is 3.70. The van der Waals surface area contributed by atoms with Crippen LogP contribution in [0.3, 0.4) is 0 Å². The molecule has 0 saturated heterocycles. The maximum absolute atomic E-state index is 5.77. The zero-order valence-corrected chi connectivity index (χ0v) is 10.7. The summed E-state index contributed by atoms with van der Waals surface area (Å²) in [5.74, 6) is 0.794. The van der Waals surface area contributed by atoms with Crippen LogP contribution in [-0.2, 0) is 13.5 Å². The summed E-state index contributed by atoms with van der Waals surface area (Å²) in [6.45, 7) is 2.94. The van der Waals surface area contributed by atoms with Crippen LogP contribution in [0.25, 0.3) is 10.9 Å². The summed E-state index contributed by atoms with van der Waals surface area (Å²) >= 11 is 0. The van der Waals surface area contributed by atoms with Gasteiger partial charge in [-0.1, -0.05) is 18.2 Å². The van der Waals surface area contributed by atoms with Crippen LogP contribution in [0.4, 0.5) is 0 Å². The van der Waals surface area contributed by atoms with Crippen LogP contribution in [0.5, 0.6) is 0 Å². The third-order valence-corrected chi connectivity index (χ3v) is 3.95. The highest BCUT2D eigenvalue weighted by Gasteiger charge is 2.30. The van der Waals surface area contributed by atoms with Gasteiger partial charge in [-0.3, -0.25) is 0 Å². The van der Waals surface area contributed by atoms with Crippen molar-refractivity contribution in [2.45, 2.75) is 32.1 Å². The molecular formula is C15H20N2. The van der Waals surface area contributed by atoms with E-state index in [2.05, 4.69) is 36.7 Å². The van der Waals surface area contributed by atoms with Gasteiger partial charge < -0.3 is 10.3 Å². The van der Waals surface area contributed by atoms with Gasteiger partial charge in [0.2, 0.25) is 0 Å². The fourth-order valence-corrected chi connectivity index (χ4v) is 3.06. The van der Waals surface area contributed by atoms with Crippen molar-refractivity contribution in [2.24, 2.45) is 12.8 Å². The van der Waals surface area contributed by atoms with Crippen LogP contribution in [-0.4, -0.2) is 11.1 Å². The van der Waals surface area contributed by atoms with Gasteiger partial charge >= 0.3 is 0 Å². The normalized spacial score (nSPS) is 15.7. The lowest BCUT2D eigenvalue weighted by Crippen LogP contribution is -2.08. The average Bonchev–Trinajstić information content (AvgIpc) is 3.08. The van der Waals surface area contributed by atoms with Gasteiger partial charge in [-0.2, -0.15) is 0 Å². The minimum Gasteiger partial charge on any atom is -0.347 e. The van der Waals surface area contributed by atoms with Crippen LogP contribution in [0.2, 0.25) is 0 Å². The third kappa shape index (κ3) is 1.59. The number of para-hydroxylation sites is 1. The molecule has 0 amide bonds. The van der Waals surface area contributed by atoms with Gasteiger partial charge in [0.25, 0.3) is 0 Å². The summed E-state index contributed by atoms with van der Waals surface area (Å²) in [5.41, 5.74) is 11.6. The lowest BCUT2D eigenvalue weighted by Gasteiger charge is -2.06. The molecule has 2 nitrogen and oxygen atoms in total. The van der Waals surface area contributed by atoms with E-state index >= 15 is 0 Å². The van der Waals surface area contributed by atoms with Crippen molar-refractivity contribution >= 4 is 10.9 Å². The number of hydrogen-bond acceptors (Lipinski definition) is 1. The Bertz CT molecular complexity index is 562. The molecule has 1 aromatic heterocycles. The summed E-state index contributed by atoms with van der Waals surface area (Å²) < 4.78 is 2.37. The van der Waals surface area contributed by atoms with E-state index in [0.717, 1.165) is 18.9 Å². The number of fused-ring (bicyclic) bond motifs is 1. The first kappa shape index (κ1) is 10.8. The second-order valence-electron chi connectivity index (χ2n) is 5.20. The highest BCUT2D eigenvalue weighted by atomic mass is 15.0. The molecule has 0 atom stereocenters. The topological polar surface area (TPSA) is 30.9 Å². The molecule has 3 rings (SSSR count). The number of benzene rings is 1. The van der Waals surface area contributed by atoms with Gasteiger partial charge in [-0.25, -0.2) is 0 Å². The standard InChI is InChI=1S/C15H20N2/c1-10-4-3-5-12-14(11-6-7-11)13(8-9-16)17(2)15(10)12/h3-5,11H,6-9,16H2,1-2H3. The first-order chi connectivity index (χ1) is 8.24. The molecule has 17 heavy (non-hydrogen) atoms. The van der Waals surface area contributed by atoms with E-state index in [1.807, 2.05) is 0 Å². The van der Waals surface area contributed by atoms with Crippen molar-refractivity contribution in [2.75, 3.05) is 6.54 Å². The summed E-state index contributed by atoms with van der Waals surface area (Å²) in [5, 5.41) is 1.46. The molecule has 1 aliphatic rings. The molecule has 1 aromatic carbocycles. The molecule has 1 aliphatic carbocycles. The molecule has 2 N–H and O–H groups in total. The first-order valence-corrected chi connectivity index (χ1v) is 6.51. The first-order valence-electron chi connectivity index (χ1n) is 6.51. The van der Waals surface area contributed by atoms with Gasteiger partial charge in [0.05, 0.1) is 5.52 Å². The van der Waals surface area contributed by atoms with Gasteiger partial charge in [0.15, 0.2) is 0 Å². The Morgan fingerprint density at radius 2 is 2.12 bits per heavy atom. The van der Waals surface area contributed by atoms with Crippen LogP contribution in [0, 0.1) is 6.92 Å². The van der Waals surface area contributed by atoms with Gasteiger partial charge in [-0.15, -0.1) is 0 Å². The maximum atomic E-state index is 5.77. The predicted octanol–water partition coefficient (Wildman–Crippen LogP) is 2.87. The van der Waals surface area contributed by atoms with Crippen molar-refractivity contribution < 1.29 is 0 Å². The van der Waals surface area contributed by atoms with Crippen LogP contribution < -0.4 is 5.73 Å². The molecule has 1 saturated carbocycles. The smallest absolute Gasteiger partial charge is 0.0512 e. The molecule has 1 fully saturated rings. The van der Waals surface area contributed by atoms with Crippen molar-refractivity contribution in [3.05, 3.63) is 35.0 Å². The van der Waals surface area contributed by atoms with Gasteiger partial charge in [-0.05, 0) is 43.4 Å². The lowest BCUT2D eigenvalue weighted by molar-refractivity contribution is 0.808. The lowest BCUT2D eigenvalue weighted by atomic mass is 10.0. The molecule has 0 bridgehead atoms. The molecule has 0 unspecified atom stereocenters. The molecular weight excluding hydrogens is 208 g/mol. The van der Waals surface area contributed by atoms with E-state index in [1.165, 1.54) is 35.0 Å². The molecule has 90 valence electrons. The van der Waals surface area contributed by atoms with Crippen LogP contribution in [0.1, 0.15) is 35.6 Å². The number of aryl methyl sites for hydroxylation is 2. The van der Waals surface area contributed by atoms with E-state index in [0.29, 0.717) is 0 Å². The predicted molar refractivity (Wildman–Crippen MR) is 72.4 cm³/mol. The van der Waals surface area contributed by atoms with E-state index in [4.69, 9.17) is 5.73 Å². The second-order valence-corrected chi connectivity index (χ2v) is 5.20. The van der Waals surface area contributed by atoms with Crippen molar-refractivity contribution in [3.63, 3.8) is 0 Å². The van der Waals surface area contributed by atoms with Crippen molar-refractivity contribution in [1.29, 1.82) is 0 Å². The number of hydrogen-bond donors (Lipinski definition) is 1. The zero-order valence-electron chi connectivity index (χ0n) is 10.7. The third-order valence-electron chi connectivity index (χ3n) is 3.95. The fourth-order valence-electron chi connectivity index (χ4n) is 3.06. The van der Waals surface area contributed by atoms with Gasteiger partial charge in [0, 0.05) is 24.5 Å². The Morgan fingerprint density at radius 3 is 2.76 bits per heavy atom. The molecule has 1 heterocycles.